The normalized spacial score (nSPS) is 15.9. The van der Waals surface area contributed by atoms with Crippen LogP contribution in [0.4, 0.5) is 10.6 Å². The number of anilines is 1. The molecule has 1 atom stereocenters. The Bertz CT molecular complexity index is 1240. The fourth-order valence-corrected chi connectivity index (χ4v) is 4.15. The molecule has 0 aliphatic carbocycles. The molecule has 2 aromatic heterocycles. The lowest BCUT2D eigenvalue weighted by molar-refractivity contribution is -0.118. The van der Waals surface area contributed by atoms with Gasteiger partial charge in [-0.15, -0.1) is 0 Å². The molecule has 0 spiro atoms. The summed E-state index contributed by atoms with van der Waals surface area (Å²) in [6, 6.07) is 11.0. The van der Waals surface area contributed by atoms with Gasteiger partial charge in [-0.2, -0.15) is 10.2 Å². The second-order valence-electron chi connectivity index (χ2n) is 8.57. The number of aromatic nitrogens is 3. The van der Waals surface area contributed by atoms with Crippen LogP contribution in [0.1, 0.15) is 18.1 Å². The molecule has 1 fully saturated rings. The van der Waals surface area contributed by atoms with Gasteiger partial charge in [0.1, 0.15) is 5.82 Å². The summed E-state index contributed by atoms with van der Waals surface area (Å²) >= 11 is 0. The zero-order chi connectivity index (χ0) is 24.9. The van der Waals surface area contributed by atoms with Gasteiger partial charge >= 0.3 is 6.03 Å². The zero-order valence-corrected chi connectivity index (χ0v) is 20.6. The Morgan fingerprint density at radius 1 is 1.29 bits per heavy atom. The Kier molecular flexibility index (Phi) is 7.64. The maximum Gasteiger partial charge on any atom is 0.320 e. The monoisotopic (exact) mass is 480 g/mol. The van der Waals surface area contributed by atoms with Crippen molar-refractivity contribution in [2.45, 2.75) is 26.3 Å². The molecule has 2 amide bonds. The molecule has 10 heteroatoms. The van der Waals surface area contributed by atoms with Gasteiger partial charge in [-0.25, -0.2) is 9.48 Å². The van der Waals surface area contributed by atoms with Crippen LogP contribution in [0.15, 0.2) is 47.4 Å². The van der Waals surface area contributed by atoms with Gasteiger partial charge in [0, 0.05) is 50.1 Å². The predicted octanol–water partition coefficient (Wildman–Crippen LogP) is 2.49. The number of benzene rings is 1. The third-order valence-corrected chi connectivity index (χ3v) is 6.03. The van der Waals surface area contributed by atoms with E-state index in [0.29, 0.717) is 49.8 Å². The number of hydroxylamine groups is 2. The number of hydrogen-bond donors (Lipinski definition) is 2. The summed E-state index contributed by atoms with van der Waals surface area (Å²) in [4.78, 5) is 31.0. The number of urea groups is 1. The molecule has 4 rings (SSSR count). The highest BCUT2D eigenvalue weighted by molar-refractivity contribution is 5.91. The number of rotatable bonds is 8. The summed E-state index contributed by atoms with van der Waals surface area (Å²) in [6.45, 7) is 6.05. The molecule has 1 aromatic carbocycles. The molecule has 1 saturated heterocycles. The van der Waals surface area contributed by atoms with Crippen LogP contribution in [0.2, 0.25) is 0 Å². The molecule has 0 bridgehead atoms. The van der Waals surface area contributed by atoms with Crippen molar-refractivity contribution in [1.82, 2.24) is 24.7 Å². The summed E-state index contributed by atoms with van der Waals surface area (Å²) in [5, 5.41) is 12.6. The Morgan fingerprint density at radius 3 is 2.77 bits per heavy atom. The molecule has 186 valence electrons. The van der Waals surface area contributed by atoms with E-state index in [1.807, 2.05) is 50.2 Å². The van der Waals surface area contributed by atoms with Crippen LogP contribution >= 0.6 is 0 Å². The van der Waals surface area contributed by atoms with Crippen LogP contribution in [0.3, 0.4) is 0 Å². The van der Waals surface area contributed by atoms with Gasteiger partial charge in [-0.3, -0.25) is 14.9 Å². The van der Waals surface area contributed by atoms with Gasteiger partial charge < -0.3 is 14.6 Å². The van der Waals surface area contributed by atoms with E-state index < -0.39 is 0 Å². The number of nitrogens with one attached hydrogen (secondary N) is 2. The van der Waals surface area contributed by atoms with Gasteiger partial charge in [0.25, 0.3) is 5.56 Å². The molecule has 10 nitrogen and oxygen atoms in total. The first-order chi connectivity index (χ1) is 16.9. The van der Waals surface area contributed by atoms with Crippen molar-refractivity contribution in [2.24, 2.45) is 7.05 Å². The number of methoxy groups -OCH3 is 1. The minimum Gasteiger partial charge on any atom is -0.383 e. The Balaban J connectivity index is 1.63. The third kappa shape index (κ3) is 5.45. The topological polar surface area (TPSA) is 103 Å². The molecule has 1 aliphatic rings. The Hall–Kier alpha value is -3.47. The number of para-hydroxylation sites is 1. The highest BCUT2D eigenvalue weighted by Gasteiger charge is 2.26. The standard InChI is InChI=1S/C25H32N6O4/c1-5-18-13-19(14-29(3)24(18)32)22-17(2)23(31(28-22)21-9-7-6-8-10-21)27-25(33)26-20-15-30(35-16-20)11-12-34-4/h6-10,13-14,20H,5,11-12,15-16H2,1-4H3,(H2,26,27,33)/t20-/m1/s1. The Morgan fingerprint density at radius 2 is 2.06 bits per heavy atom. The van der Waals surface area contributed by atoms with E-state index in [2.05, 4.69) is 10.6 Å². The number of carbonyl (C=O) groups excluding carboxylic acids is 1. The summed E-state index contributed by atoms with van der Waals surface area (Å²) in [7, 11) is 3.38. The second-order valence-corrected chi connectivity index (χ2v) is 8.57. The van der Waals surface area contributed by atoms with Gasteiger partial charge in [0.2, 0.25) is 0 Å². The van der Waals surface area contributed by atoms with Crippen LogP contribution in [0.5, 0.6) is 0 Å². The number of aryl methyl sites for hydroxylation is 2. The number of hydrogen-bond acceptors (Lipinski definition) is 6. The fraction of sp³-hybridized carbons (Fsp3) is 0.400. The average Bonchev–Trinajstić information content (AvgIpc) is 3.44. The molecule has 3 aromatic rings. The SMILES string of the molecule is CCc1cc(-c2nn(-c3ccccc3)c(NC(=O)N[C@H]3CON(CCOC)C3)c2C)cn(C)c1=O. The summed E-state index contributed by atoms with van der Waals surface area (Å²) in [5.41, 5.74) is 3.82. The molecule has 0 unspecified atom stereocenters. The lowest BCUT2D eigenvalue weighted by Gasteiger charge is -2.15. The highest BCUT2D eigenvalue weighted by atomic mass is 16.7. The van der Waals surface area contributed by atoms with E-state index in [1.165, 1.54) is 0 Å². The molecular formula is C25H32N6O4. The Labute approximate surface area is 204 Å². The van der Waals surface area contributed by atoms with E-state index in [0.717, 1.165) is 16.8 Å². The van der Waals surface area contributed by atoms with Crippen molar-refractivity contribution in [2.75, 3.05) is 38.7 Å². The van der Waals surface area contributed by atoms with E-state index in [4.69, 9.17) is 14.7 Å². The maximum absolute atomic E-state index is 13.0. The van der Waals surface area contributed by atoms with Crippen molar-refractivity contribution in [3.05, 3.63) is 64.1 Å². The van der Waals surface area contributed by atoms with Crippen molar-refractivity contribution >= 4 is 11.8 Å². The maximum atomic E-state index is 13.0. The molecule has 35 heavy (non-hydrogen) atoms. The van der Waals surface area contributed by atoms with Gasteiger partial charge in [-0.05, 0) is 31.5 Å². The average molecular weight is 481 g/mol. The molecule has 2 N–H and O–H groups in total. The van der Waals surface area contributed by atoms with E-state index in [1.54, 1.807) is 34.7 Å². The number of nitrogens with zero attached hydrogens (tertiary/aromatic N) is 4. The molecule has 0 saturated carbocycles. The van der Waals surface area contributed by atoms with E-state index >= 15 is 0 Å². The predicted molar refractivity (Wildman–Crippen MR) is 134 cm³/mol. The van der Waals surface area contributed by atoms with Crippen LogP contribution in [0.25, 0.3) is 16.9 Å². The van der Waals surface area contributed by atoms with Crippen LogP contribution < -0.4 is 16.2 Å². The minimum atomic E-state index is -0.339. The first-order valence-corrected chi connectivity index (χ1v) is 11.7. The largest absolute Gasteiger partial charge is 0.383 e. The number of amides is 2. The fourth-order valence-electron chi connectivity index (χ4n) is 4.15. The van der Waals surface area contributed by atoms with Crippen molar-refractivity contribution < 1.29 is 14.4 Å². The van der Waals surface area contributed by atoms with Gasteiger partial charge in [-0.1, -0.05) is 25.1 Å². The van der Waals surface area contributed by atoms with Crippen molar-refractivity contribution in [1.29, 1.82) is 0 Å². The molecule has 1 aliphatic heterocycles. The summed E-state index contributed by atoms with van der Waals surface area (Å²) in [6.07, 6.45) is 2.40. The first-order valence-electron chi connectivity index (χ1n) is 11.7. The highest BCUT2D eigenvalue weighted by Crippen LogP contribution is 2.30. The van der Waals surface area contributed by atoms with Crippen molar-refractivity contribution in [3.63, 3.8) is 0 Å². The molecule has 0 radical (unpaired) electrons. The number of pyridine rings is 1. The van der Waals surface area contributed by atoms with Crippen LogP contribution in [-0.4, -0.2) is 64.9 Å². The van der Waals surface area contributed by atoms with Crippen molar-refractivity contribution in [3.8, 4) is 16.9 Å². The zero-order valence-electron chi connectivity index (χ0n) is 20.6. The summed E-state index contributed by atoms with van der Waals surface area (Å²) in [5.74, 6) is 0.561. The lowest BCUT2D eigenvalue weighted by atomic mass is 10.1. The van der Waals surface area contributed by atoms with Crippen LogP contribution in [-0.2, 0) is 23.0 Å². The number of carbonyl (C=O) groups is 1. The second kappa shape index (κ2) is 10.9. The van der Waals surface area contributed by atoms with Crippen LogP contribution in [0, 0.1) is 6.92 Å². The number of ether oxygens (including phenoxy) is 1. The molecule has 3 heterocycles. The third-order valence-electron chi connectivity index (χ3n) is 6.03. The van der Waals surface area contributed by atoms with E-state index in [-0.39, 0.29) is 17.6 Å². The smallest absolute Gasteiger partial charge is 0.320 e. The van der Waals surface area contributed by atoms with E-state index in [9.17, 15) is 9.59 Å². The lowest BCUT2D eigenvalue weighted by Crippen LogP contribution is -2.41. The quantitative estimate of drug-likeness (QED) is 0.514. The molecular weight excluding hydrogens is 448 g/mol. The first kappa shape index (κ1) is 24.6. The van der Waals surface area contributed by atoms with Gasteiger partial charge in [0.15, 0.2) is 0 Å². The summed E-state index contributed by atoms with van der Waals surface area (Å²) < 4.78 is 8.38. The van der Waals surface area contributed by atoms with Gasteiger partial charge in [0.05, 0.1) is 30.6 Å². The minimum absolute atomic E-state index is 0.0209.